The summed E-state index contributed by atoms with van der Waals surface area (Å²) < 4.78 is 13.5. The lowest BCUT2D eigenvalue weighted by molar-refractivity contribution is 0.147. The summed E-state index contributed by atoms with van der Waals surface area (Å²) in [6, 6.07) is 6.21. The van der Waals surface area contributed by atoms with Gasteiger partial charge >= 0.3 is 6.03 Å². The van der Waals surface area contributed by atoms with E-state index in [0.29, 0.717) is 12.1 Å². The van der Waals surface area contributed by atoms with Crippen molar-refractivity contribution in [3.05, 3.63) is 35.6 Å². The second kappa shape index (κ2) is 7.98. The van der Waals surface area contributed by atoms with Crippen molar-refractivity contribution in [3.63, 3.8) is 0 Å². The first-order valence-corrected chi connectivity index (χ1v) is 7.19. The van der Waals surface area contributed by atoms with Gasteiger partial charge in [-0.1, -0.05) is 32.0 Å². The van der Waals surface area contributed by atoms with Gasteiger partial charge in [-0.15, -0.1) is 0 Å². The van der Waals surface area contributed by atoms with Crippen LogP contribution in [0.15, 0.2) is 24.3 Å². The average molecular weight is 296 g/mol. The Balaban J connectivity index is 2.34. The summed E-state index contributed by atoms with van der Waals surface area (Å²) in [5.41, 5.74) is 0.376. The Morgan fingerprint density at radius 3 is 2.67 bits per heavy atom. The predicted octanol–water partition coefficient (Wildman–Crippen LogP) is 2.77. The van der Waals surface area contributed by atoms with E-state index in [2.05, 4.69) is 5.32 Å². The summed E-state index contributed by atoms with van der Waals surface area (Å²) >= 11 is 0. The zero-order valence-corrected chi connectivity index (χ0v) is 13.0. The average Bonchev–Trinajstić information content (AvgIpc) is 2.45. The normalized spacial score (nSPS) is 11.3. The molecule has 5 heteroatoms. The van der Waals surface area contributed by atoms with E-state index in [0.717, 1.165) is 12.8 Å². The van der Waals surface area contributed by atoms with Gasteiger partial charge in [-0.05, 0) is 24.3 Å². The van der Waals surface area contributed by atoms with Crippen molar-refractivity contribution in [1.82, 2.24) is 10.2 Å². The minimum atomic E-state index is -0.304. The molecule has 4 nitrogen and oxygen atoms in total. The quantitative estimate of drug-likeness (QED) is 0.760. The molecule has 0 atom stereocenters. The number of carbonyl (C=O) groups is 1. The standard InChI is InChI=1S/C16H25FN2O2/c1-16(2,12-20)9-6-10-18-15(21)19(3)11-13-7-4-5-8-14(13)17/h4-5,7-8,20H,6,9-12H2,1-3H3,(H,18,21). The lowest BCUT2D eigenvalue weighted by atomic mass is 9.89. The number of carbonyl (C=O) groups excluding carboxylic acids is 1. The van der Waals surface area contributed by atoms with Gasteiger partial charge < -0.3 is 15.3 Å². The third kappa shape index (κ3) is 6.12. The number of amides is 2. The number of aliphatic hydroxyl groups excluding tert-OH is 1. The summed E-state index contributed by atoms with van der Waals surface area (Å²) in [7, 11) is 1.64. The van der Waals surface area contributed by atoms with E-state index in [-0.39, 0.29) is 30.4 Å². The minimum Gasteiger partial charge on any atom is -0.396 e. The molecule has 21 heavy (non-hydrogen) atoms. The number of benzene rings is 1. The van der Waals surface area contributed by atoms with Gasteiger partial charge in [-0.3, -0.25) is 0 Å². The van der Waals surface area contributed by atoms with Crippen molar-refractivity contribution in [2.45, 2.75) is 33.2 Å². The Morgan fingerprint density at radius 2 is 2.05 bits per heavy atom. The topological polar surface area (TPSA) is 52.6 Å². The first-order valence-electron chi connectivity index (χ1n) is 7.19. The molecule has 0 unspecified atom stereocenters. The highest BCUT2D eigenvalue weighted by Gasteiger charge is 2.16. The highest BCUT2D eigenvalue weighted by molar-refractivity contribution is 5.73. The molecule has 0 saturated carbocycles. The van der Waals surface area contributed by atoms with Crippen molar-refractivity contribution in [2.75, 3.05) is 20.2 Å². The third-order valence-corrected chi connectivity index (χ3v) is 3.45. The Bertz CT molecular complexity index is 463. The number of hydrogen-bond acceptors (Lipinski definition) is 2. The van der Waals surface area contributed by atoms with Crippen LogP contribution in [0, 0.1) is 11.2 Å². The van der Waals surface area contributed by atoms with E-state index < -0.39 is 0 Å². The highest BCUT2D eigenvalue weighted by Crippen LogP contribution is 2.20. The van der Waals surface area contributed by atoms with E-state index in [9.17, 15) is 9.18 Å². The molecule has 2 N–H and O–H groups in total. The summed E-state index contributed by atoms with van der Waals surface area (Å²) in [4.78, 5) is 13.3. The molecular weight excluding hydrogens is 271 g/mol. The Labute approximate surface area is 126 Å². The molecule has 1 aromatic carbocycles. The molecule has 1 aromatic rings. The van der Waals surface area contributed by atoms with Gasteiger partial charge in [0.15, 0.2) is 0 Å². The number of aliphatic hydroxyl groups is 1. The fourth-order valence-corrected chi connectivity index (χ4v) is 1.93. The molecule has 0 aliphatic heterocycles. The molecule has 0 fully saturated rings. The molecule has 118 valence electrons. The number of halogens is 1. The monoisotopic (exact) mass is 296 g/mol. The van der Waals surface area contributed by atoms with E-state index in [1.165, 1.54) is 11.0 Å². The van der Waals surface area contributed by atoms with Crippen LogP contribution in [0.2, 0.25) is 0 Å². The van der Waals surface area contributed by atoms with E-state index in [4.69, 9.17) is 5.11 Å². The van der Waals surface area contributed by atoms with Gasteiger partial charge in [0.1, 0.15) is 5.82 Å². The number of nitrogens with zero attached hydrogens (tertiary/aromatic N) is 1. The van der Waals surface area contributed by atoms with Crippen LogP contribution in [-0.4, -0.2) is 36.2 Å². The largest absolute Gasteiger partial charge is 0.396 e. The van der Waals surface area contributed by atoms with Crippen LogP contribution in [0.4, 0.5) is 9.18 Å². The van der Waals surface area contributed by atoms with Gasteiger partial charge in [0.25, 0.3) is 0 Å². The van der Waals surface area contributed by atoms with Crippen molar-refractivity contribution in [3.8, 4) is 0 Å². The smallest absolute Gasteiger partial charge is 0.317 e. The third-order valence-electron chi connectivity index (χ3n) is 3.45. The summed E-state index contributed by atoms with van der Waals surface area (Å²) in [5, 5.41) is 12.0. The zero-order chi connectivity index (χ0) is 15.9. The van der Waals surface area contributed by atoms with Gasteiger partial charge in [0.05, 0.1) is 0 Å². The molecular formula is C16H25FN2O2. The summed E-state index contributed by atoms with van der Waals surface area (Å²) in [5.74, 6) is -0.304. The second-order valence-corrected chi connectivity index (χ2v) is 6.11. The molecule has 0 aromatic heterocycles. The van der Waals surface area contributed by atoms with Crippen molar-refractivity contribution >= 4 is 6.03 Å². The van der Waals surface area contributed by atoms with Crippen molar-refractivity contribution in [1.29, 1.82) is 0 Å². The van der Waals surface area contributed by atoms with E-state index in [1.807, 2.05) is 13.8 Å². The molecule has 2 amide bonds. The Morgan fingerprint density at radius 1 is 1.38 bits per heavy atom. The molecule has 0 bridgehead atoms. The second-order valence-electron chi connectivity index (χ2n) is 6.11. The highest BCUT2D eigenvalue weighted by atomic mass is 19.1. The Kier molecular flexibility index (Phi) is 6.62. The maximum absolute atomic E-state index is 13.5. The van der Waals surface area contributed by atoms with E-state index in [1.54, 1.807) is 25.2 Å². The van der Waals surface area contributed by atoms with Crippen LogP contribution in [0.25, 0.3) is 0 Å². The van der Waals surface area contributed by atoms with Crippen LogP contribution in [0.3, 0.4) is 0 Å². The maximum atomic E-state index is 13.5. The van der Waals surface area contributed by atoms with Crippen LogP contribution >= 0.6 is 0 Å². The van der Waals surface area contributed by atoms with Gasteiger partial charge in [0.2, 0.25) is 0 Å². The first-order chi connectivity index (χ1) is 9.85. The van der Waals surface area contributed by atoms with Crippen LogP contribution < -0.4 is 5.32 Å². The zero-order valence-electron chi connectivity index (χ0n) is 13.0. The van der Waals surface area contributed by atoms with Gasteiger partial charge in [-0.2, -0.15) is 0 Å². The molecule has 0 aliphatic carbocycles. The van der Waals surface area contributed by atoms with Crippen LogP contribution in [-0.2, 0) is 6.54 Å². The molecule has 1 rings (SSSR count). The first kappa shape index (κ1) is 17.4. The fourth-order valence-electron chi connectivity index (χ4n) is 1.93. The molecule has 0 saturated heterocycles. The van der Waals surface area contributed by atoms with E-state index >= 15 is 0 Å². The minimum absolute atomic E-state index is 0.121. The Hall–Kier alpha value is -1.62. The summed E-state index contributed by atoms with van der Waals surface area (Å²) in [6.07, 6.45) is 1.63. The summed E-state index contributed by atoms with van der Waals surface area (Å²) in [6.45, 7) is 4.89. The van der Waals surface area contributed by atoms with Gasteiger partial charge in [-0.25, -0.2) is 9.18 Å². The number of rotatable bonds is 7. The lowest BCUT2D eigenvalue weighted by Gasteiger charge is -2.22. The van der Waals surface area contributed by atoms with Gasteiger partial charge in [0, 0.05) is 32.3 Å². The SMILES string of the molecule is CN(Cc1ccccc1F)C(=O)NCCCC(C)(C)CO. The fraction of sp³-hybridized carbons (Fsp3) is 0.562. The predicted molar refractivity (Wildman–Crippen MR) is 81.4 cm³/mol. The lowest BCUT2D eigenvalue weighted by Crippen LogP contribution is -2.37. The molecule has 0 heterocycles. The molecule has 0 aliphatic rings. The van der Waals surface area contributed by atoms with Crippen molar-refractivity contribution in [2.24, 2.45) is 5.41 Å². The maximum Gasteiger partial charge on any atom is 0.317 e. The van der Waals surface area contributed by atoms with Crippen LogP contribution in [0.5, 0.6) is 0 Å². The molecule has 0 spiro atoms. The van der Waals surface area contributed by atoms with Crippen LogP contribution in [0.1, 0.15) is 32.3 Å². The molecule has 0 radical (unpaired) electrons. The van der Waals surface area contributed by atoms with Crippen molar-refractivity contribution < 1.29 is 14.3 Å². The number of nitrogens with one attached hydrogen (secondary N) is 1. The number of urea groups is 1. The number of hydrogen-bond donors (Lipinski definition) is 2.